The third-order valence-corrected chi connectivity index (χ3v) is 1.44. The van der Waals surface area contributed by atoms with Gasteiger partial charge in [-0.2, -0.15) is 0 Å². The van der Waals surface area contributed by atoms with Crippen LogP contribution in [0.2, 0.25) is 0 Å². The van der Waals surface area contributed by atoms with Gasteiger partial charge in [-0.15, -0.1) is 12.4 Å². The van der Waals surface area contributed by atoms with Gasteiger partial charge in [0.2, 0.25) is 0 Å². The van der Waals surface area contributed by atoms with Crippen LogP contribution >= 0.6 is 12.4 Å². The summed E-state index contributed by atoms with van der Waals surface area (Å²) in [4.78, 5) is 0. The van der Waals surface area contributed by atoms with Gasteiger partial charge in [0.1, 0.15) is 0 Å². The standard InChI is InChI=1S/C7H17N.ClH/c1-3-4-7(2)5-6-8;/h7H,3-6,8H2,1-2H3;1H. The Morgan fingerprint density at radius 1 is 1.33 bits per heavy atom. The number of halogens is 1. The molecule has 0 aromatic rings. The fourth-order valence-electron chi connectivity index (χ4n) is 0.922. The molecule has 2 N–H and O–H groups in total. The first kappa shape index (κ1) is 12.0. The summed E-state index contributed by atoms with van der Waals surface area (Å²) in [5.74, 6) is 0.838. The first-order valence-corrected chi connectivity index (χ1v) is 3.51. The first-order chi connectivity index (χ1) is 3.81. The van der Waals surface area contributed by atoms with Crippen LogP contribution in [0.4, 0.5) is 0 Å². The third kappa shape index (κ3) is 8.25. The van der Waals surface area contributed by atoms with Crippen LogP contribution in [0.5, 0.6) is 0 Å². The fourth-order valence-corrected chi connectivity index (χ4v) is 0.922. The van der Waals surface area contributed by atoms with E-state index in [2.05, 4.69) is 13.8 Å². The lowest BCUT2D eigenvalue weighted by Gasteiger charge is -2.05. The summed E-state index contributed by atoms with van der Waals surface area (Å²) >= 11 is 0. The van der Waals surface area contributed by atoms with E-state index < -0.39 is 0 Å². The van der Waals surface area contributed by atoms with Crippen molar-refractivity contribution in [1.29, 1.82) is 0 Å². The molecule has 1 nitrogen and oxygen atoms in total. The lowest BCUT2D eigenvalue weighted by Crippen LogP contribution is -2.04. The van der Waals surface area contributed by atoms with Crippen LogP contribution < -0.4 is 5.73 Å². The van der Waals surface area contributed by atoms with E-state index in [0.29, 0.717) is 0 Å². The van der Waals surface area contributed by atoms with Crippen LogP contribution in [0.3, 0.4) is 0 Å². The van der Waals surface area contributed by atoms with Gasteiger partial charge >= 0.3 is 0 Å². The minimum absolute atomic E-state index is 0. The summed E-state index contributed by atoms with van der Waals surface area (Å²) in [5.41, 5.74) is 5.36. The van der Waals surface area contributed by atoms with E-state index in [1.54, 1.807) is 0 Å². The molecule has 0 rings (SSSR count). The molecule has 0 saturated heterocycles. The lowest BCUT2D eigenvalue weighted by atomic mass is 10.0. The maximum absolute atomic E-state index is 5.36. The molecule has 1 unspecified atom stereocenters. The van der Waals surface area contributed by atoms with Gasteiger partial charge in [0.25, 0.3) is 0 Å². The molecule has 0 radical (unpaired) electrons. The number of hydrogen-bond acceptors (Lipinski definition) is 1. The molecule has 0 saturated carbocycles. The highest BCUT2D eigenvalue weighted by molar-refractivity contribution is 5.85. The fraction of sp³-hybridized carbons (Fsp3) is 1.00. The Bertz CT molecular complexity index is 42.2. The van der Waals surface area contributed by atoms with E-state index in [4.69, 9.17) is 5.73 Å². The molecule has 0 aliphatic heterocycles. The Morgan fingerprint density at radius 3 is 2.22 bits per heavy atom. The quantitative estimate of drug-likeness (QED) is 0.655. The molecular weight excluding hydrogens is 134 g/mol. The Hall–Kier alpha value is 0.250. The van der Waals surface area contributed by atoms with Crippen molar-refractivity contribution in [1.82, 2.24) is 0 Å². The highest BCUT2D eigenvalue weighted by atomic mass is 35.5. The van der Waals surface area contributed by atoms with Crippen LogP contribution in [-0.2, 0) is 0 Å². The smallest absolute Gasteiger partial charge is 0.00747 e. The molecule has 0 fully saturated rings. The Morgan fingerprint density at radius 2 is 1.89 bits per heavy atom. The second-order valence-corrected chi connectivity index (χ2v) is 2.47. The van der Waals surface area contributed by atoms with E-state index in [9.17, 15) is 0 Å². The summed E-state index contributed by atoms with van der Waals surface area (Å²) < 4.78 is 0. The van der Waals surface area contributed by atoms with Crippen molar-refractivity contribution in [2.45, 2.75) is 33.1 Å². The van der Waals surface area contributed by atoms with Crippen LogP contribution in [0.15, 0.2) is 0 Å². The first-order valence-electron chi connectivity index (χ1n) is 3.51. The van der Waals surface area contributed by atoms with E-state index in [1.807, 2.05) is 0 Å². The predicted molar refractivity (Wildman–Crippen MR) is 45.0 cm³/mol. The molecule has 1 atom stereocenters. The van der Waals surface area contributed by atoms with Crippen molar-refractivity contribution < 1.29 is 0 Å². The minimum atomic E-state index is 0. The molecule has 2 heteroatoms. The Kier molecular flexibility index (Phi) is 11.0. The van der Waals surface area contributed by atoms with E-state index in [-0.39, 0.29) is 12.4 Å². The van der Waals surface area contributed by atoms with Gasteiger partial charge in [-0.05, 0) is 18.9 Å². The highest BCUT2D eigenvalue weighted by Gasteiger charge is 1.95. The largest absolute Gasteiger partial charge is 0.330 e. The van der Waals surface area contributed by atoms with Gasteiger partial charge in [0, 0.05) is 0 Å². The monoisotopic (exact) mass is 151 g/mol. The van der Waals surface area contributed by atoms with Gasteiger partial charge in [0.05, 0.1) is 0 Å². The SMILES string of the molecule is CCCC(C)CCN.Cl. The van der Waals surface area contributed by atoms with Crippen molar-refractivity contribution in [3.05, 3.63) is 0 Å². The second-order valence-electron chi connectivity index (χ2n) is 2.47. The predicted octanol–water partition coefficient (Wildman–Crippen LogP) is 2.19. The zero-order valence-corrected chi connectivity index (χ0v) is 7.21. The van der Waals surface area contributed by atoms with Gasteiger partial charge in [-0.25, -0.2) is 0 Å². The maximum atomic E-state index is 5.36. The molecule has 0 aromatic carbocycles. The van der Waals surface area contributed by atoms with Crippen LogP contribution in [0.1, 0.15) is 33.1 Å². The topological polar surface area (TPSA) is 26.0 Å². The molecule has 0 bridgehead atoms. The van der Waals surface area contributed by atoms with E-state index in [1.165, 1.54) is 19.3 Å². The Balaban J connectivity index is 0. The summed E-state index contributed by atoms with van der Waals surface area (Å²) in [5, 5.41) is 0. The molecule has 0 amide bonds. The molecule has 0 heterocycles. The van der Waals surface area contributed by atoms with Gasteiger partial charge < -0.3 is 5.73 Å². The van der Waals surface area contributed by atoms with Gasteiger partial charge in [0.15, 0.2) is 0 Å². The minimum Gasteiger partial charge on any atom is -0.330 e. The molecule has 58 valence electrons. The average Bonchev–Trinajstić information content (AvgIpc) is 1.68. The Labute approximate surface area is 64.4 Å². The van der Waals surface area contributed by atoms with Crippen molar-refractivity contribution in [2.75, 3.05) is 6.54 Å². The molecular formula is C7H18ClN. The number of hydrogen-bond donors (Lipinski definition) is 1. The molecule has 0 aliphatic carbocycles. The van der Waals surface area contributed by atoms with Crippen LogP contribution in [0.25, 0.3) is 0 Å². The highest BCUT2D eigenvalue weighted by Crippen LogP contribution is 2.07. The molecule has 0 spiro atoms. The summed E-state index contributed by atoms with van der Waals surface area (Å²) in [7, 11) is 0. The summed E-state index contributed by atoms with van der Waals surface area (Å²) in [6, 6.07) is 0. The zero-order valence-electron chi connectivity index (χ0n) is 6.39. The molecule has 0 aromatic heterocycles. The average molecular weight is 152 g/mol. The normalized spacial score (nSPS) is 12.3. The van der Waals surface area contributed by atoms with Gasteiger partial charge in [-0.1, -0.05) is 26.7 Å². The van der Waals surface area contributed by atoms with Crippen LogP contribution in [-0.4, -0.2) is 6.54 Å². The van der Waals surface area contributed by atoms with Crippen molar-refractivity contribution in [3.63, 3.8) is 0 Å². The van der Waals surface area contributed by atoms with Crippen molar-refractivity contribution in [2.24, 2.45) is 11.7 Å². The van der Waals surface area contributed by atoms with E-state index in [0.717, 1.165) is 12.5 Å². The number of nitrogens with two attached hydrogens (primary N) is 1. The summed E-state index contributed by atoms with van der Waals surface area (Å²) in [6.45, 7) is 5.32. The van der Waals surface area contributed by atoms with Crippen molar-refractivity contribution >= 4 is 12.4 Å². The van der Waals surface area contributed by atoms with E-state index >= 15 is 0 Å². The number of rotatable bonds is 4. The zero-order chi connectivity index (χ0) is 6.41. The third-order valence-electron chi connectivity index (χ3n) is 1.44. The summed E-state index contributed by atoms with van der Waals surface area (Å²) in [6.07, 6.45) is 3.81. The van der Waals surface area contributed by atoms with Crippen molar-refractivity contribution in [3.8, 4) is 0 Å². The van der Waals surface area contributed by atoms with Crippen LogP contribution in [0, 0.1) is 5.92 Å². The second kappa shape index (κ2) is 8.25. The lowest BCUT2D eigenvalue weighted by molar-refractivity contribution is 0.493. The maximum Gasteiger partial charge on any atom is -0.00747 e. The van der Waals surface area contributed by atoms with Gasteiger partial charge in [-0.3, -0.25) is 0 Å². The molecule has 0 aliphatic rings. The molecule has 9 heavy (non-hydrogen) atoms.